The maximum Gasteiger partial charge on any atom is 0.125 e. The van der Waals surface area contributed by atoms with Gasteiger partial charge in [-0.3, -0.25) is 0 Å². The number of aromatic nitrogens is 1. The van der Waals surface area contributed by atoms with Crippen molar-refractivity contribution in [2.45, 2.75) is 6.92 Å². The summed E-state index contributed by atoms with van der Waals surface area (Å²) in [6.07, 6.45) is 0. The molecule has 2 rings (SSSR count). The Kier molecular flexibility index (Phi) is 2.54. The van der Waals surface area contributed by atoms with E-state index in [4.69, 9.17) is 10.5 Å². The van der Waals surface area contributed by atoms with Gasteiger partial charge in [0.25, 0.3) is 0 Å². The van der Waals surface area contributed by atoms with Crippen LogP contribution in [0.1, 0.15) is 5.69 Å². The molecule has 0 atom stereocenters. The van der Waals surface area contributed by atoms with Crippen LogP contribution in [0.25, 0.3) is 0 Å². The molecule has 2 heterocycles. The minimum Gasteiger partial charge on any atom is -0.384 e. The van der Waals surface area contributed by atoms with Crippen molar-refractivity contribution in [3.8, 4) is 0 Å². The molecule has 1 aliphatic heterocycles. The maximum absolute atomic E-state index is 5.70. The molecule has 1 fully saturated rings. The monoisotopic (exact) mass is 193 g/mol. The quantitative estimate of drug-likeness (QED) is 0.717. The van der Waals surface area contributed by atoms with Crippen molar-refractivity contribution < 1.29 is 4.74 Å². The average molecular weight is 193 g/mol. The first-order valence-corrected chi connectivity index (χ1v) is 4.82. The lowest BCUT2D eigenvalue weighted by Gasteiger charge is -2.29. The second-order valence-corrected chi connectivity index (χ2v) is 3.49. The van der Waals surface area contributed by atoms with Gasteiger partial charge in [-0.05, 0) is 13.0 Å². The van der Waals surface area contributed by atoms with E-state index in [0.29, 0.717) is 5.82 Å². The Balaban J connectivity index is 2.21. The largest absolute Gasteiger partial charge is 0.384 e. The van der Waals surface area contributed by atoms with E-state index >= 15 is 0 Å². The number of nitrogens with zero attached hydrogens (tertiary/aromatic N) is 2. The number of hydrogen-bond acceptors (Lipinski definition) is 4. The molecule has 4 nitrogen and oxygen atoms in total. The van der Waals surface area contributed by atoms with Crippen LogP contribution in [0.2, 0.25) is 0 Å². The van der Waals surface area contributed by atoms with Crippen LogP contribution in [0.3, 0.4) is 0 Å². The lowest BCUT2D eigenvalue weighted by atomic mass is 10.2. The van der Waals surface area contributed by atoms with E-state index in [1.54, 1.807) is 0 Å². The van der Waals surface area contributed by atoms with E-state index in [-0.39, 0.29) is 0 Å². The fourth-order valence-corrected chi connectivity index (χ4v) is 1.68. The van der Waals surface area contributed by atoms with Crippen LogP contribution in [0, 0.1) is 6.92 Å². The van der Waals surface area contributed by atoms with Gasteiger partial charge in [-0.2, -0.15) is 0 Å². The summed E-state index contributed by atoms with van der Waals surface area (Å²) in [6, 6.07) is 3.97. The molecule has 0 saturated carbocycles. The van der Waals surface area contributed by atoms with Crippen molar-refractivity contribution >= 4 is 11.5 Å². The van der Waals surface area contributed by atoms with E-state index in [1.165, 1.54) is 0 Å². The minimum atomic E-state index is 0.589. The van der Waals surface area contributed by atoms with Crippen LogP contribution in [0.5, 0.6) is 0 Å². The highest BCUT2D eigenvalue weighted by Gasteiger charge is 2.11. The summed E-state index contributed by atoms with van der Waals surface area (Å²) in [4.78, 5) is 6.42. The van der Waals surface area contributed by atoms with E-state index in [9.17, 15) is 0 Å². The molecule has 1 aromatic heterocycles. The van der Waals surface area contributed by atoms with Gasteiger partial charge < -0.3 is 15.4 Å². The molecular weight excluding hydrogens is 178 g/mol. The zero-order valence-electron chi connectivity index (χ0n) is 8.36. The van der Waals surface area contributed by atoms with Gasteiger partial charge in [0.2, 0.25) is 0 Å². The SMILES string of the molecule is Cc1cc(N2CCOCC2)cc(N)n1. The van der Waals surface area contributed by atoms with Gasteiger partial charge in [-0.15, -0.1) is 0 Å². The first-order valence-electron chi connectivity index (χ1n) is 4.82. The summed E-state index contributed by atoms with van der Waals surface area (Å²) in [5, 5.41) is 0. The molecule has 4 heteroatoms. The van der Waals surface area contributed by atoms with Crippen LogP contribution in [0.15, 0.2) is 12.1 Å². The van der Waals surface area contributed by atoms with Crippen LogP contribution in [0.4, 0.5) is 11.5 Å². The van der Waals surface area contributed by atoms with Crippen molar-refractivity contribution in [1.82, 2.24) is 4.98 Å². The molecule has 1 saturated heterocycles. The number of nitrogen functional groups attached to an aromatic ring is 1. The van der Waals surface area contributed by atoms with Crippen molar-refractivity contribution in [3.05, 3.63) is 17.8 Å². The first-order chi connectivity index (χ1) is 6.75. The topological polar surface area (TPSA) is 51.4 Å². The molecule has 0 aromatic carbocycles. The minimum absolute atomic E-state index is 0.589. The lowest BCUT2D eigenvalue weighted by molar-refractivity contribution is 0.122. The molecule has 1 aromatic rings. The molecule has 0 aliphatic carbocycles. The Morgan fingerprint density at radius 2 is 2.07 bits per heavy atom. The first kappa shape index (κ1) is 9.27. The van der Waals surface area contributed by atoms with Crippen molar-refractivity contribution in [2.75, 3.05) is 36.9 Å². The molecule has 0 amide bonds. The molecule has 0 bridgehead atoms. The fourth-order valence-electron chi connectivity index (χ4n) is 1.68. The maximum atomic E-state index is 5.70. The number of pyridine rings is 1. The average Bonchev–Trinajstić information content (AvgIpc) is 2.18. The van der Waals surface area contributed by atoms with Crippen LogP contribution < -0.4 is 10.6 Å². The van der Waals surface area contributed by atoms with Gasteiger partial charge in [0, 0.05) is 30.5 Å². The highest BCUT2D eigenvalue weighted by Crippen LogP contribution is 2.18. The number of rotatable bonds is 1. The molecule has 0 spiro atoms. The van der Waals surface area contributed by atoms with E-state index in [2.05, 4.69) is 16.0 Å². The summed E-state index contributed by atoms with van der Waals surface area (Å²) >= 11 is 0. The number of ether oxygens (including phenoxy) is 1. The number of hydrogen-bond donors (Lipinski definition) is 1. The van der Waals surface area contributed by atoms with E-state index in [1.807, 2.05) is 13.0 Å². The van der Waals surface area contributed by atoms with E-state index in [0.717, 1.165) is 37.7 Å². The summed E-state index contributed by atoms with van der Waals surface area (Å²) < 4.78 is 5.29. The predicted molar refractivity (Wildman–Crippen MR) is 56.4 cm³/mol. The van der Waals surface area contributed by atoms with Gasteiger partial charge in [-0.25, -0.2) is 4.98 Å². The molecule has 1 aliphatic rings. The van der Waals surface area contributed by atoms with Gasteiger partial charge in [0.05, 0.1) is 13.2 Å². The lowest BCUT2D eigenvalue weighted by Crippen LogP contribution is -2.36. The number of nitrogens with two attached hydrogens (primary N) is 1. The Morgan fingerprint density at radius 3 is 2.71 bits per heavy atom. The Labute approximate surface area is 83.7 Å². The normalized spacial score (nSPS) is 17.1. The predicted octanol–water partition coefficient (Wildman–Crippen LogP) is 0.809. The molecule has 14 heavy (non-hydrogen) atoms. The summed E-state index contributed by atoms with van der Waals surface area (Å²) in [5.41, 5.74) is 7.81. The zero-order valence-corrected chi connectivity index (χ0v) is 8.36. The fraction of sp³-hybridized carbons (Fsp3) is 0.500. The summed E-state index contributed by atoms with van der Waals surface area (Å²) in [7, 11) is 0. The van der Waals surface area contributed by atoms with Gasteiger partial charge >= 0.3 is 0 Å². The van der Waals surface area contributed by atoms with Gasteiger partial charge in [0.1, 0.15) is 5.82 Å². The molecule has 2 N–H and O–H groups in total. The summed E-state index contributed by atoms with van der Waals surface area (Å²) in [6.45, 7) is 5.41. The van der Waals surface area contributed by atoms with Crippen molar-refractivity contribution in [1.29, 1.82) is 0 Å². The van der Waals surface area contributed by atoms with Crippen LogP contribution in [-0.4, -0.2) is 31.3 Å². The Morgan fingerprint density at radius 1 is 1.36 bits per heavy atom. The molecular formula is C10H15N3O. The molecule has 0 radical (unpaired) electrons. The van der Waals surface area contributed by atoms with Gasteiger partial charge in [0.15, 0.2) is 0 Å². The smallest absolute Gasteiger partial charge is 0.125 e. The standard InChI is InChI=1S/C10H15N3O/c1-8-6-9(7-10(11)12-8)13-2-4-14-5-3-13/h6-7H,2-5H2,1H3,(H2,11,12). The number of aryl methyl sites for hydroxylation is 1. The third-order valence-corrected chi connectivity index (χ3v) is 2.33. The van der Waals surface area contributed by atoms with Crippen LogP contribution in [-0.2, 0) is 4.74 Å². The second kappa shape index (κ2) is 3.84. The highest BCUT2D eigenvalue weighted by atomic mass is 16.5. The zero-order chi connectivity index (χ0) is 9.97. The highest BCUT2D eigenvalue weighted by molar-refractivity contribution is 5.53. The number of anilines is 2. The van der Waals surface area contributed by atoms with Gasteiger partial charge in [-0.1, -0.05) is 0 Å². The van der Waals surface area contributed by atoms with Crippen LogP contribution >= 0.6 is 0 Å². The second-order valence-electron chi connectivity index (χ2n) is 3.49. The Hall–Kier alpha value is -1.29. The van der Waals surface area contributed by atoms with Crippen molar-refractivity contribution in [3.63, 3.8) is 0 Å². The van der Waals surface area contributed by atoms with E-state index < -0.39 is 0 Å². The molecule has 76 valence electrons. The van der Waals surface area contributed by atoms with Crippen molar-refractivity contribution in [2.24, 2.45) is 0 Å². The molecule has 0 unspecified atom stereocenters. The Bertz CT molecular complexity index is 301. The number of morpholine rings is 1. The third kappa shape index (κ3) is 1.96. The summed E-state index contributed by atoms with van der Waals surface area (Å²) in [5.74, 6) is 0.589. The third-order valence-electron chi connectivity index (χ3n) is 2.33.